The number of nitrogens with one attached hydrogen (secondary N) is 1. The van der Waals surface area contributed by atoms with E-state index in [9.17, 15) is 4.79 Å². The van der Waals surface area contributed by atoms with Crippen molar-refractivity contribution in [3.05, 3.63) is 34.0 Å². The third-order valence-electron chi connectivity index (χ3n) is 3.34. The largest absolute Gasteiger partial charge is 0.358 e. The minimum atomic E-state index is 0.529. The second-order valence-corrected chi connectivity index (χ2v) is 4.73. The maximum absolute atomic E-state index is 10.9. The van der Waals surface area contributed by atoms with Gasteiger partial charge in [0.15, 0.2) is 6.29 Å². The Morgan fingerprint density at radius 3 is 2.88 bits per heavy atom. The number of carbonyl (C=O) groups is 1. The highest BCUT2D eigenvalue weighted by atomic mass is 35.5. The molecule has 0 unspecified atom stereocenters. The Hall–Kier alpha value is -1.28. The summed E-state index contributed by atoms with van der Waals surface area (Å²) in [6.07, 6.45) is 5.52. The summed E-state index contributed by atoms with van der Waals surface area (Å²) in [7, 11) is 0. The lowest BCUT2D eigenvalue weighted by atomic mass is 9.95. The van der Waals surface area contributed by atoms with Crippen LogP contribution >= 0.6 is 11.6 Å². The molecule has 3 rings (SSSR count). The summed E-state index contributed by atoms with van der Waals surface area (Å²) in [6, 6.07) is 3.77. The molecule has 0 radical (unpaired) electrons. The van der Waals surface area contributed by atoms with E-state index >= 15 is 0 Å². The van der Waals surface area contributed by atoms with Crippen LogP contribution in [0.15, 0.2) is 12.1 Å². The minimum absolute atomic E-state index is 0.529. The standard InChI is InChI=1S/C13H12ClNO/c14-11-6-13-10(5-8(11)7-16)9-3-1-2-4-12(9)15-13/h5-7,15H,1-4H2. The highest BCUT2D eigenvalue weighted by molar-refractivity contribution is 6.33. The first kappa shape index (κ1) is 9.91. The summed E-state index contributed by atoms with van der Waals surface area (Å²) in [6.45, 7) is 0. The maximum Gasteiger partial charge on any atom is 0.151 e. The molecule has 1 aromatic heterocycles. The lowest BCUT2D eigenvalue weighted by molar-refractivity contribution is 0.112. The van der Waals surface area contributed by atoms with Crippen molar-refractivity contribution < 1.29 is 4.79 Å². The number of aromatic amines is 1. The third kappa shape index (κ3) is 1.37. The van der Waals surface area contributed by atoms with Gasteiger partial charge in [-0.15, -0.1) is 0 Å². The molecule has 1 aliphatic rings. The van der Waals surface area contributed by atoms with Crippen molar-refractivity contribution >= 4 is 28.8 Å². The molecule has 0 aliphatic heterocycles. The van der Waals surface area contributed by atoms with Crippen LogP contribution in [0.1, 0.15) is 34.5 Å². The van der Waals surface area contributed by atoms with Gasteiger partial charge in [-0.05, 0) is 43.4 Å². The number of H-pyrrole nitrogens is 1. The Balaban J connectivity index is 2.31. The van der Waals surface area contributed by atoms with Crippen LogP contribution in [0.25, 0.3) is 10.9 Å². The predicted molar refractivity (Wildman–Crippen MR) is 65.3 cm³/mol. The molecule has 82 valence electrons. The van der Waals surface area contributed by atoms with Gasteiger partial charge in [-0.3, -0.25) is 4.79 Å². The molecule has 0 saturated heterocycles. The maximum atomic E-state index is 10.9. The smallest absolute Gasteiger partial charge is 0.151 e. The van der Waals surface area contributed by atoms with Crippen LogP contribution in [0.5, 0.6) is 0 Å². The molecule has 0 fully saturated rings. The van der Waals surface area contributed by atoms with E-state index < -0.39 is 0 Å². The molecule has 3 heteroatoms. The quantitative estimate of drug-likeness (QED) is 0.752. The van der Waals surface area contributed by atoms with Crippen molar-refractivity contribution in [3.63, 3.8) is 0 Å². The Bertz CT molecular complexity index is 571. The number of fused-ring (bicyclic) bond motifs is 3. The summed E-state index contributed by atoms with van der Waals surface area (Å²) < 4.78 is 0. The first-order chi connectivity index (χ1) is 7.79. The lowest BCUT2D eigenvalue weighted by Crippen LogP contribution is -2.00. The summed E-state index contributed by atoms with van der Waals surface area (Å²) in [4.78, 5) is 14.3. The summed E-state index contributed by atoms with van der Waals surface area (Å²) in [5, 5.41) is 1.70. The highest BCUT2D eigenvalue weighted by Crippen LogP contribution is 2.31. The molecule has 0 saturated carbocycles. The number of carbonyl (C=O) groups excluding carboxylic acids is 1. The average Bonchev–Trinajstić information content (AvgIpc) is 2.65. The number of aromatic nitrogens is 1. The van der Waals surface area contributed by atoms with Gasteiger partial charge in [0.25, 0.3) is 0 Å². The number of aldehydes is 1. The Morgan fingerprint density at radius 2 is 2.06 bits per heavy atom. The zero-order valence-corrected chi connectivity index (χ0v) is 9.60. The van der Waals surface area contributed by atoms with Gasteiger partial charge in [-0.25, -0.2) is 0 Å². The fourth-order valence-electron chi connectivity index (χ4n) is 2.54. The predicted octanol–water partition coefficient (Wildman–Crippen LogP) is 3.51. The van der Waals surface area contributed by atoms with Crippen LogP contribution in [0, 0.1) is 0 Å². The van der Waals surface area contributed by atoms with Gasteiger partial charge in [0.05, 0.1) is 5.02 Å². The second kappa shape index (κ2) is 3.63. The Morgan fingerprint density at radius 1 is 1.25 bits per heavy atom. The number of halogens is 1. The van der Waals surface area contributed by atoms with Crippen LogP contribution in [0.4, 0.5) is 0 Å². The van der Waals surface area contributed by atoms with Crippen LogP contribution in [0.3, 0.4) is 0 Å². The van der Waals surface area contributed by atoms with Crippen molar-refractivity contribution in [2.45, 2.75) is 25.7 Å². The van der Waals surface area contributed by atoms with Crippen molar-refractivity contribution in [2.24, 2.45) is 0 Å². The van der Waals surface area contributed by atoms with Gasteiger partial charge in [-0.1, -0.05) is 11.6 Å². The van der Waals surface area contributed by atoms with Crippen LogP contribution < -0.4 is 0 Å². The molecular weight excluding hydrogens is 222 g/mol. The van der Waals surface area contributed by atoms with Crippen molar-refractivity contribution in [1.29, 1.82) is 0 Å². The number of hydrogen-bond acceptors (Lipinski definition) is 1. The highest BCUT2D eigenvalue weighted by Gasteiger charge is 2.16. The third-order valence-corrected chi connectivity index (χ3v) is 3.67. The second-order valence-electron chi connectivity index (χ2n) is 4.33. The van der Waals surface area contributed by atoms with E-state index in [0.29, 0.717) is 10.6 Å². The zero-order valence-electron chi connectivity index (χ0n) is 8.85. The van der Waals surface area contributed by atoms with E-state index in [0.717, 1.165) is 24.6 Å². The van der Waals surface area contributed by atoms with Crippen molar-refractivity contribution in [2.75, 3.05) is 0 Å². The normalized spacial score (nSPS) is 15.1. The first-order valence-corrected chi connectivity index (χ1v) is 5.95. The summed E-state index contributed by atoms with van der Waals surface area (Å²) >= 11 is 6.02. The fraction of sp³-hybridized carbons (Fsp3) is 0.308. The average molecular weight is 234 g/mol. The molecular formula is C13H12ClNO. The van der Waals surface area contributed by atoms with Crippen LogP contribution in [-0.2, 0) is 12.8 Å². The van der Waals surface area contributed by atoms with Gasteiger partial charge < -0.3 is 4.98 Å². The number of aryl methyl sites for hydroxylation is 2. The summed E-state index contributed by atoms with van der Waals surface area (Å²) in [5.74, 6) is 0. The Kier molecular flexibility index (Phi) is 2.25. The number of benzene rings is 1. The van der Waals surface area contributed by atoms with E-state index in [1.165, 1.54) is 29.5 Å². The SMILES string of the molecule is O=Cc1cc2c3c([nH]c2cc1Cl)CCCC3. The molecule has 0 bridgehead atoms. The van der Waals surface area contributed by atoms with Crippen LogP contribution in [-0.4, -0.2) is 11.3 Å². The van der Waals surface area contributed by atoms with E-state index in [4.69, 9.17) is 11.6 Å². The minimum Gasteiger partial charge on any atom is -0.358 e. The van der Waals surface area contributed by atoms with Crippen molar-refractivity contribution in [1.82, 2.24) is 4.98 Å². The molecule has 1 N–H and O–H groups in total. The topological polar surface area (TPSA) is 32.9 Å². The first-order valence-electron chi connectivity index (χ1n) is 5.58. The van der Waals surface area contributed by atoms with Gasteiger partial charge in [-0.2, -0.15) is 0 Å². The number of rotatable bonds is 1. The Labute approximate surface area is 98.6 Å². The molecule has 1 heterocycles. The van der Waals surface area contributed by atoms with E-state index in [1.54, 1.807) is 0 Å². The molecule has 16 heavy (non-hydrogen) atoms. The molecule has 0 amide bonds. The van der Waals surface area contributed by atoms with E-state index in [-0.39, 0.29) is 0 Å². The van der Waals surface area contributed by atoms with Crippen LogP contribution in [0.2, 0.25) is 5.02 Å². The molecule has 1 aliphatic carbocycles. The summed E-state index contributed by atoms with van der Waals surface area (Å²) in [5.41, 5.74) is 4.34. The molecule has 0 spiro atoms. The van der Waals surface area contributed by atoms with Gasteiger partial charge in [0, 0.05) is 22.2 Å². The molecule has 0 atom stereocenters. The van der Waals surface area contributed by atoms with Gasteiger partial charge in [0.1, 0.15) is 0 Å². The monoisotopic (exact) mass is 233 g/mol. The van der Waals surface area contributed by atoms with E-state index in [2.05, 4.69) is 4.98 Å². The molecule has 1 aromatic carbocycles. The lowest BCUT2D eigenvalue weighted by Gasteiger charge is -2.10. The molecule has 2 aromatic rings. The fourth-order valence-corrected chi connectivity index (χ4v) is 2.74. The zero-order chi connectivity index (χ0) is 11.1. The van der Waals surface area contributed by atoms with Gasteiger partial charge in [0.2, 0.25) is 0 Å². The van der Waals surface area contributed by atoms with E-state index in [1.807, 2.05) is 12.1 Å². The van der Waals surface area contributed by atoms with Crippen molar-refractivity contribution in [3.8, 4) is 0 Å². The molecule has 2 nitrogen and oxygen atoms in total. The van der Waals surface area contributed by atoms with Gasteiger partial charge >= 0.3 is 0 Å². The number of hydrogen-bond donors (Lipinski definition) is 1.